The van der Waals surface area contributed by atoms with Gasteiger partial charge < -0.3 is 9.73 Å². The molecule has 0 spiro atoms. The molecule has 1 aliphatic heterocycles. The van der Waals surface area contributed by atoms with Crippen molar-refractivity contribution in [3.63, 3.8) is 0 Å². The van der Waals surface area contributed by atoms with Crippen molar-refractivity contribution in [2.75, 3.05) is 6.54 Å². The van der Waals surface area contributed by atoms with Crippen molar-refractivity contribution in [2.24, 2.45) is 0 Å². The lowest BCUT2D eigenvalue weighted by molar-refractivity contribution is 0.451. The second kappa shape index (κ2) is 3.86. The zero-order chi connectivity index (χ0) is 11.1. The molecule has 0 amide bonds. The second-order valence-electron chi connectivity index (χ2n) is 4.27. The minimum Gasteiger partial charge on any atom is -0.439 e. The van der Waals surface area contributed by atoms with Gasteiger partial charge in [-0.25, -0.2) is 4.98 Å². The molecule has 0 aliphatic carbocycles. The summed E-state index contributed by atoms with van der Waals surface area (Å²) in [6.45, 7) is 3.11. The van der Waals surface area contributed by atoms with E-state index in [1.165, 1.54) is 6.42 Å². The average molecular weight is 281 g/mol. The summed E-state index contributed by atoms with van der Waals surface area (Å²) in [5, 5.41) is 3.40. The van der Waals surface area contributed by atoms with Crippen LogP contribution in [0.15, 0.2) is 21.0 Å². The third-order valence-electron chi connectivity index (χ3n) is 3.02. The number of aromatic nitrogens is 1. The number of nitrogens with zero attached hydrogens (tertiary/aromatic N) is 1. The Kier molecular flexibility index (Phi) is 2.48. The van der Waals surface area contributed by atoms with Crippen molar-refractivity contribution in [1.29, 1.82) is 0 Å². The van der Waals surface area contributed by atoms with Gasteiger partial charge in [0.25, 0.3) is 0 Å². The molecular weight excluding hydrogens is 268 g/mol. The van der Waals surface area contributed by atoms with Gasteiger partial charge in [0.2, 0.25) is 5.89 Å². The van der Waals surface area contributed by atoms with Gasteiger partial charge >= 0.3 is 0 Å². The Morgan fingerprint density at radius 2 is 2.38 bits per heavy atom. The molecule has 3 nitrogen and oxygen atoms in total. The molecule has 1 N–H and O–H groups in total. The first-order valence-electron chi connectivity index (χ1n) is 5.54. The van der Waals surface area contributed by atoms with Crippen LogP contribution in [-0.2, 0) is 0 Å². The van der Waals surface area contributed by atoms with Crippen LogP contribution in [0.4, 0.5) is 0 Å². The monoisotopic (exact) mass is 280 g/mol. The van der Waals surface area contributed by atoms with Crippen LogP contribution in [-0.4, -0.2) is 11.5 Å². The quantitative estimate of drug-likeness (QED) is 0.871. The van der Waals surface area contributed by atoms with Crippen LogP contribution in [0, 0.1) is 6.92 Å². The Labute approximate surface area is 102 Å². The zero-order valence-electron chi connectivity index (χ0n) is 9.09. The Hall–Kier alpha value is -0.870. The molecule has 2 aromatic rings. The van der Waals surface area contributed by atoms with E-state index < -0.39 is 0 Å². The Morgan fingerprint density at radius 3 is 3.12 bits per heavy atom. The first-order valence-corrected chi connectivity index (χ1v) is 6.33. The average Bonchev–Trinajstić information content (AvgIpc) is 2.82. The van der Waals surface area contributed by atoms with Gasteiger partial charge in [0.15, 0.2) is 5.58 Å². The highest BCUT2D eigenvalue weighted by Crippen LogP contribution is 2.29. The van der Waals surface area contributed by atoms with Crippen molar-refractivity contribution in [2.45, 2.75) is 25.8 Å². The van der Waals surface area contributed by atoms with E-state index in [4.69, 9.17) is 4.42 Å². The van der Waals surface area contributed by atoms with E-state index in [1.807, 2.05) is 13.0 Å². The summed E-state index contributed by atoms with van der Waals surface area (Å²) in [5.74, 6) is 0.828. The largest absolute Gasteiger partial charge is 0.439 e. The van der Waals surface area contributed by atoms with Crippen LogP contribution < -0.4 is 5.32 Å². The topological polar surface area (TPSA) is 38.1 Å². The lowest BCUT2D eigenvalue weighted by atomic mass is 10.2. The molecule has 0 bridgehead atoms. The Balaban J connectivity index is 2.11. The molecule has 1 aliphatic rings. The number of halogens is 1. The first kappa shape index (κ1) is 10.3. The van der Waals surface area contributed by atoms with Gasteiger partial charge in [0, 0.05) is 4.47 Å². The fourth-order valence-electron chi connectivity index (χ4n) is 2.22. The molecule has 0 saturated carbocycles. The Bertz CT molecular complexity index is 529. The number of oxazole rings is 1. The van der Waals surface area contributed by atoms with Gasteiger partial charge in [-0.2, -0.15) is 0 Å². The molecule has 1 unspecified atom stereocenters. The minimum absolute atomic E-state index is 0.297. The summed E-state index contributed by atoms with van der Waals surface area (Å²) in [4.78, 5) is 4.56. The van der Waals surface area contributed by atoms with E-state index >= 15 is 0 Å². The van der Waals surface area contributed by atoms with E-state index in [0.29, 0.717) is 6.04 Å². The fraction of sp³-hybridized carbons (Fsp3) is 0.417. The molecule has 84 valence electrons. The molecule has 1 saturated heterocycles. The highest BCUT2D eigenvalue weighted by atomic mass is 79.9. The SMILES string of the molecule is Cc1cc(Br)cc2nc(C3CCCN3)oc12. The molecule has 1 fully saturated rings. The van der Waals surface area contributed by atoms with E-state index in [0.717, 1.165) is 40.0 Å². The third kappa shape index (κ3) is 1.66. The smallest absolute Gasteiger partial charge is 0.212 e. The predicted octanol–water partition coefficient (Wildman–Crippen LogP) is 3.32. The van der Waals surface area contributed by atoms with Crippen molar-refractivity contribution in [1.82, 2.24) is 10.3 Å². The summed E-state index contributed by atoms with van der Waals surface area (Å²) in [7, 11) is 0. The molecule has 0 radical (unpaired) electrons. The van der Waals surface area contributed by atoms with Crippen LogP contribution in [0.3, 0.4) is 0 Å². The van der Waals surface area contributed by atoms with Crippen LogP contribution >= 0.6 is 15.9 Å². The molecule has 2 heterocycles. The van der Waals surface area contributed by atoms with Crippen molar-refractivity contribution in [3.05, 3.63) is 28.1 Å². The fourth-order valence-corrected chi connectivity index (χ4v) is 2.78. The highest BCUT2D eigenvalue weighted by molar-refractivity contribution is 9.10. The van der Waals surface area contributed by atoms with Crippen LogP contribution in [0.25, 0.3) is 11.1 Å². The lowest BCUT2D eigenvalue weighted by Crippen LogP contribution is -2.12. The van der Waals surface area contributed by atoms with E-state index in [2.05, 4.69) is 32.3 Å². The minimum atomic E-state index is 0.297. The molecule has 16 heavy (non-hydrogen) atoms. The number of fused-ring (bicyclic) bond motifs is 1. The second-order valence-corrected chi connectivity index (χ2v) is 5.19. The maximum atomic E-state index is 5.84. The van der Waals surface area contributed by atoms with Gasteiger partial charge in [-0.3, -0.25) is 0 Å². The number of nitrogens with one attached hydrogen (secondary N) is 1. The summed E-state index contributed by atoms with van der Waals surface area (Å²) in [5.41, 5.74) is 2.98. The number of hydrogen-bond acceptors (Lipinski definition) is 3. The Morgan fingerprint density at radius 1 is 1.50 bits per heavy atom. The third-order valence-corrected chi connectivity index (χ3v) is 3.47. The number of rotatable bonds is 1. The molecule has 3 rings (SSSR count). The van der Waals surface area contributed by atoms with Crippen LogP contribution in [0.1, 0.15) is 30.3 Å². The van der Waals surface area contributed by atoms with E-state index in [9.17, 15) is 0 Å². The van der Waals surface area contributed by atoms with Gasteiger partial charge in [0.05, 0.1) is 6.04 Å². The maximum absolute atomic E-state index is 5.84. The molecule has 1 atom stereocenters. The maximum Gasteiger partial charge on any atom is 0.212 e. The lowest BCUT2D eigenvalue weighted by Gasteiger charge is -2.02. The summed E-state index contributed by atoms with van der Waals surface area (Å²) in [6, 6.07) is 4.36. The standard InChI is InChI=1S/C12H13BrN2O/c1-7-5-8(13)6-10-11(7)16-12(15-10)9-3-2-4-14-9/h5-6,9,14H,2-4H2,1H3. The zero-order valence-corrected chi connectivity index (χ0v) is 10.7. The molecule has 1 aromatic heterocycles. The molecular formula is C12H13BrN2O. The molecule has 4 heteroatoms. The van der Waals surface area contributed by atoms with Gasteiger partial charge in [0.1, 0.15) is 5.52 Å². The van der Waals surface area contributed by atoms with Crippen LogP contribution in [0.2, 0.25) is 0 Å². The van der Waals surface area contributed by atoms with Crippen molar-refractivity contribution < 1.29 is 4.42 Å². The van der Waals surface area contributed by atoms with Crippen molar-refractivity contribution >= 4 is 27.0 Å². The normalized spacial score (nSPS) is 20.8. The number of hydrogen-bond donors (Lipinski definition) is 1. The number of aryl methyl sites for hydroxylation is 1. The summed E-state index contributed by atoms with van der Waals surface area (Å²) >= 11 is 3.48. The van der Waals surface area contributed by atoms with Gasteiger partial charge in [-0.1, -0.05) is 15.9 Å². The van der Waals surface area contributed by atoms with Gasteiger partial charge in [-0.15, -0.1) is 0 Å². The summed E-state index contributed by atoms with van der Waals surface area (Å²) in [6.07, 6.45) is 2.32. The highest BCUT2D eigenvalue weighted by Gasteiger charge is 2.22. The van der Waals surface area contributed by atoms with E-state index in [-0.39, 0.29) is 0 Å². The van der Waals surface area contributed by atoms with Crippen LogP contribution in [0.5, 0.6) is 0 Å². The van der Waals surface area contributed by atoms with Gasteiger partial charge in [-0.05, 0) is 44.0 Å². The predicted molar refractivity (Wildman–Crippen MR) is 66.4 cm³/mol. The molecule has 1 aromatic carbocycles. The van der Waals surface area contributed by atoms with Crippen molar-refractivity contribution in [3.8, 4) is 0 Å². The number of benzene rings is 1. The summed E-state index contributed by atoms with van der Waals surface area (Å²) < 4.78 is 6.90. The van der Waals surface area contributed by atoms with E-state index in [1.54, 1.807) is 0 Å². The first-order chi connectivity index (χ1) is 7.74.